The third kappa shape index (κ3) is 9.03. The van der Waals surface area contributed by atoms with Crippen molar-refractivity contribution in [1.82, 2.24) is 10.0 Å². The summed E-state index contributed by atoms with van der Waals surface area (Å²) in [4.78, 5) is 24.6. The van der Waals surface area contributed by atoms with Gasteiger partial charge >= 0.3 is 5.97 Å². The standard InChI is InChI=1S/C25H31N3O4S/c1-3-7-21(33(32)27-15-14-19-10-12-20(26)13-11-19)16-18(2)17-24(29)28-23-9-6-4-5-8-22(23)25(30)31/h4-5,7-13,16,27H,3,6,14-15,17,26H2,1-2H3,(H,28,29)(H,30,31)/b18-16+,21-7+. The zero-order valence-electron chi connectivity index (χ0n) is 19.0. The SMILES string of the molecule is CC/C=C(\C=C(/C)CC(=O)NC1=CCC=CC=C1C(=O)O)S(=O)NCCc1ccc(N)cc1. The van der Waals surface area contributed by atoms with E-state index in [4.69, 9.17) is 5.73 Å². The minimum absolute atomic E-state index is 0.0386. The Labute approximate surface area is 197 Å². The minimum atomic E-state index is -1.42. The zero-order valence-corrected chi connectivity index (χ0v) is 19.8. The summed E-state index contributed by atoms with van der Waals surface area (Å²) in [6, 6.07) is 7.55. The highest BCUT2D eigenvalue weighted by atomic mass is 32.2. The van der Waals surface area contributed by atoms with Gasteiger partial charge in [0.1, 0.15) is 11.0 Å². The monoisotopic (exact) mass is 469 g/mol. The number of carboxylic acids is 1. The van der Waals surface area contributed by atoms with Crippen molar-refractivity contribution in [1.29, 1.82) is 0 Å². The number of amides is 1. The lowest BCUT2D eigenvalue weighted by atomic mass is 10.1. The zero-order chi connectivity index (χ0) is 24.2. The van der Waals surface area contributed by atoms with Crippen LogP contribution in [0.4, 0.5) is 5.69 Å². The highest BCUT2D eigenvalue weighted by Gasteiger charge is 2.16. The maximum Gasteiger partial charge on any atom is 0.337 e. The van der Waals surface area contributed by atoms with Crippen molar-refractivity contribution in [3.8, 4) is 0 Å². The first-order valence-electron chi connectivity index (χ1n) is 10.8. The van der Waals surface area contributed by atoms with Crippen molar-refractivity contribution in [3.05, 3.63) is 88.0 Å². The van der Waals surface area contributed by atoms with Crippen LogP contribution in [0.1, 0.15) is 38.7 Å². The van der Waals surface area contributed by atoms with Crippen LogP contribution < -0.4 is 15.8 Å². The van der Waals surface area contributed by atoms with E-state index in [1.807, 2.05) is 43.3 Å². The molecule has 0 aromatic heterocycles. The van der Waals surface area contributed by atoms with Gasteiger partial charge in [-0.1, -0.05) is 48.9 Å². The van der Waals surface area contributed by atoms with Gasteiger partial charge in [-0.2, -0.15) is 0 Å². The van der Waals surface area contributed by atoms with Crippen molar-refractivity contribution >= 4 is 28.5 Å². The van der Waals surface area contributed by atoms with Crippen LogP contribution in [0.25, 0.3) is 0 Å². The molecule has 7 nitrogen and oxygen atoms in total. The Balaban J connectivity index is 1.95. The van der Waals surface area contributed by atoms with Gasteiger partial charge in [-0.15, -0.1) is 0 Å². The number of hydrogen-bond acceptors (Lipinski definition) is 4. The van der Waals surface area contributed by atoms with Crippen LogP contribution in [-0.4, -0.2) is 27.7 Å². The summed E-state index contributed by atoms with van der Waals surface area (Å²) in [6.07, 6.45) is 12.2. The summed E-state index contributed by atoms with van der Waals surface area (Å²) >= 11 is 0. The maximum absolute atomic E-state index is 12.7. The van der Waals surface area contributed by atoms with Gasteiger partial charge in [0, 0.05) is 18.7 Å². The summed E-state index contributed by atoms with van der Waals surface area (Å²) in [5, 5.41) is 12.0. The molecule has 0 spiro atoms. The summed E-state index contributed by atoms with van der Waals surface area (Å²) in [5.41, 5.74) is 8.53. The molecule has 1 aromatic carbocycles. The Morgan fingerprint density at radius 1 is 1.24 bits per heavy atom. The summed E-state index contributed by atoms with van der Waals surface area (Å²) < 4.78 is 15.8. The van der Waals surface area contributed by atoms with Crippen molar-refractivity contribution in [2.75, 3.05) is 12.3 Å². The molecule has 5 N–H and O–H groups in total. The number of anilines is 1. The number of nitrogens with one attached hydrogen (secondary N) is 2. The number of benzene rings is 1. The highest BCUT2D eigenvalue weighted by molar-refractivity contribution is 7.87. The number of nitrogens with two attached hydrogens (primary N) is 1. The van der Waals surface area contributed by atoms with E-state index in [0.29, 0.717) is 42.0 Å². The lowest BCUT2D eigenvalue weighted by Crippen LogP contribution is -2.26. The van der Waals surface area contributed by atoms with E-state index in [-0.39, 0.29) is 23.6 Å². The average Bonchev–Trinajstić information content (AvgIpc) is 3.00. The van der Waals surface area contributed by atoms with E-state index in [9.17, 15) is 18.9 Å². The molecule has 0 aliphatic heterocycles. The van der Waals surface area contributed by atoms with Gasteiger partial charge in [0.25, 0.3) is 0 Å². The van der Waals surface area contributed by atoms with Crippen molar-refractivity contribution in [2.45, 2.75) is 39.5 Å². The minimum Gasteiger partial charge on any atom is -0.478 e. The van der Waals surface area contributed by atoms with E-state index < -0.39 is 17.0 Å². The van der Waals surface area contributed by atoms with Crippen molar-refractivity contribution in [2.24, 2.45) is 0 Å². The lowest BCUT2D eigenvalue weighted by Gasteiger charge is -2.11. The first-order valence-corrected chi connectivity index (χ1v) is 11.9. The molecule has 176 valence electrons. The van der Waals surface area contributed by atoms with Crippen LogP contribution in [0, 0.1) is 0 Å². The number of allylic oxidation sites excluding steroid dienone is 6. The molecular weight excluding hydrogens is 438 g/mol. The summed E-state index contributed by atoms with van der Waals surface area (Å²) in [6.45, 7) is 4.26. The van der Waals surface area contributed by atoms with Crippen LogP contribution in [0.15, 0.2) is 82.5 Å². The molecule has 0 bridgehead atoms. The molecule has 0 heterocycles. The predicted octanol–water partition coefficient (Wildman–Crippen LogP) is 3.67. The second kappa shape index (κ2) is 13.3. The molecule has 0 saturated heterocycles. The van der Waals surface area contributed by atoms with Gasteiger partial charge in [0.15, 0.2) is 0 Å². The molecule has 1 atom stereocenters. The maximum atomic E-state index is 12.7. The van der Waals surface area contributed by atoms with Crippen LogP contribution >= 0.6 is 0 Å². The van der Waals surface area contributed by atoms with E-state index in [0.717, 1.165) is 5.56 Å². The third-order valence-corrected chi connectivity index (χ3v) is 5.90. The normalized spacial score (nSPS) is 15.3. The van der Waals surface area contributed by atoms with Crippen molar-refractivity contribution < 1.29 is 18.9 Å². The molecule has 1 aliphatic rings. The lowest BCUT2D eigenvalue weighted by molar-refractivity contribution is -0.132. The summed E-state index contributed by atoms with van der Waals surface area (Å²) in [5.74, 6) is -1.43. The van der Waals surface area contributed by atoms with Crippen LogP contribution in [-0.2, 0) is 27.0 Å². The van der Waals surface area contributed by atoms with Gasteiger partial charge in [-0.3, -0.25) is 4.79 Å². The molecule has 8 heteroatoms. The largest absolute Gasteiger partial charge is 0.478 e. The molecular formula is C25H31N3O4S. The smallest absolute Gasteiger partial charge is 0.337 e. The van der Waals surface area contributed by atoms with Gasteiger partial charge in [0.2, 0.25) is 5.91 Å². The number of rotatable bonds is 11. The average molecular weight is 470 g/mol. The molecule has 0 radical (unpaired) electrons. The fourth-order valence-electron chi connectivity index (χ4n) is 3.12. The Kier molecular flexibility index (Phi) is 10.5. The number of carbonyl (C=O) groups excluding carboxylic acids is 1. The Morgan fingerprint density at radius 2 is 1.97 bits per heavy atom. The number of carbonyl (C=O) groups is 2. The second-order valence-electron chi connectivity index (χ2n) is 7.55. The van der Waals surface area contributed by atoms with Gasteiger partial charge in [-0.25, -0.2) is 13.7 Å². The third-order valence-electron chi connectivity index (χ3n) is 4.73. The molecule has 1 aliphatic carbocycles. The molecule has 1 amide bonds. The van der Waals surface area contributed by atoms with E-state index >= 15 is 0 Å². The highest BCUT2D eigenvalue weighted by Crippen LogP contribution is 2.15. The van der Waals surface area contributed by atoms with E-state index in [1.54, 1.807) is 25.2 Å². The van der Waals surface area contributed by atoms with Gasteiger partial charge < -0.3 is 16.2 Å². The first-order chi connectivity index (χ1) is 15.8. The van der Waals surface area contributed by atoms with Crippen LogP contribution in [0.2, 0.25) is 0 Å². The number of hydrogen-bond donors (Lipinski definition) is 4. The van der Waals surface area contributed by atoms with Crippen LogP contribution in [0.3, 0.4) is 0 Å². The Hall–Kier alpha value is -3.23. The number of nitrogen functional groups attached to an aromatic ring is 1. The molecule has 2 rings (SSSR count). The molecule has 1 unspecified atom stereocenters. The van der Waals surface area contributed by atoms with Crippen LogP contribution in [0.5, 0.6) is 0 Å². The van der Waals surface area contributed by atoms with Crippen molar-refractivity contribution in [3.63, 3.8) is 0 Å². The topological polar surface area (TPSA) is 122 Å². The molecule has 33 heavy (non-hydrogen) atoms. The van der Waals surface area contributed by atoms with Gasteiger partial charge in [-0.05, 0) is 56.0 Å². The van der Waals surface area contributed by atoms with E-state index in [1.165, 1.54) is 6.08 Å². The summed E-state index contributed by atoms with van der Waals surface area (Å²) in [7, 11) is -1.42. The molecule has 1 aromatic rings. The van der Waals surface area contributed by atoms with E-state index in [2.05, 4.69) is 10.0 Å². The number of carboxylic acid groups (broad SMARTS) is 1. The predicted molar refractivity (Wildman–Crippen MR) is 133 cm³/mol. The number of aliphatic carboxylic acids is 1. The fraction of sp³-hybridized carbons (Fsp3) is 0.280. The quantitative estimate of drug-likeness (QED) is 0.291. The van der Waals surface area contributed by atoms with Gasteiger partial charge in [0.05, 0.1) is 16.2 Å². The molecule has 0 fully saturated rings. The second-order valence-corrected chi connectivity index (χ2v) is 8.85. The molecule has 0 saturated carbocycles. The Morgan fingerprint density at radius 3 is 2.64 bits per heavy atom. The Bertz CT molecular complexity index is 1030. The first kappa shape index (κ1) is 26.0. The fourth-order valence-corrected chi connectivity index (χ4v) is 4.20.